The highest BCUT2D eigenvalue weighted by molar-refractivity contribution is 6.11. The highest BCUT2D eigenvalue weighted by Gasteiger charge is 2.65. The first-order chi connectivity index (χ1) is 25.9. The molecule has 2 N–H and O–H groups in total. The zero-order chi connectivity index (χ0) is 42.7. The highest BCUT2D eigenvalue weighted by Crippen LogP contribution is 2.67. The molecule has 0 amide bonds. The van der Waals surface area contributed by atoms with Gasteiger partial charge in [-0.1, -0.05) is 51.2 Å². The molecule has 302 valence electrons. The van der Waals surface area contributed by atoms with Crippen molar-refractivity contribution in [1.82, 2.24) is 0 Å². The van der Waals surface area contributed by atoms with E-state index in [0.29, 0.717) is 23.3 Å². The molecule has 0 saturated heterocycles. The Balaban J connectivity index is 0.000000209. The summed E-state index contributed by atoms with van der Waals surface area (Å²) in [6.45, 7) is 42.3. The molecule has 3 aliphatic rings. The van der Waals surface area contributed by atoms with Gasteiger partial charge in [0.05, 0.1) is 0 Å². The second-order valence-corrected chi connectivity index (χ2v) is 17.5. The smallest absolute Gasteiger partial charge is 0.185 e. The van der Waals surface area contributed by atoms with Crippen LogP contribution in [0.25, 0.3) is 12.2 Å². The summed E-state index contributed by atoms with van der Waals surface area (Å²) in [6.07, 6.45) is 10.1. The molecular formula is C52H70O4. The fraction of sp³-hybridized carbons (Fsp3) is 0.481. The van der Waals surface area contributed by atoms with Gasteiger partial charge in [-0.3, -0.25) is 4.79 Å². The van der Waals surface area contributed by atoms with Crippen LogP contribution in [0.1, 0.15) is 145 Å². The molecule has 4 nitrogen and oxygen atoms in total. The number of ether oxygens (including phenoxy) is 1. The van der Waals surface area contributed by atoms with Crippen molar-refractivity contribution in [2.75, 3.05) is 0 Å². The van der Waals surface area contributed by atoms with E-state index in [1.807, 2.05) is 58.9 Å². The van der Waals surface area contributed by atoms with Gasteiger partial charge in [-0.15, -0.1) is 0 Å². The zero-order valence-electron chi connectivity index (χ0n) is 38.3. The van der Waals surface area contributed by atoms with Crippen LogP contribution in [-0.2, 0) is 4.79 Å². The second kappa shape index (κ2) is 15.9. The lowest BCUT2D eigenvalue weighted by Crippen LogP contribution is -2.63. The maximum absolute atomic E-state index is 13.4. The van der Waals surface area contributed by atoms with Crippen LogP contribution in [0.3, 0.4) is 0 Å². The number of carbonyl (C=O) groups excluding carboxylic acids is 1. The number of fused-ring (bicyclic) bond motifs is 2. The summed E-state index contributed by atoms with van der Waals surface area (Å²) in [4.78, 5) is 13.4. The number of allylic oxidation sites excluding steroid dienone is 4. The quantitative estimate of drug-likeness (QED) is 0.273. The van der Waals surface area contributed by atoms with E-state index in [4.69, 9.17) is 4.74 Å². The normalized spacial score (nSPS) is 23.9. The largest absolute Gasteiger partial charge is 0.507 e. The molecule has 1 aliphatic heterocycles. The zero-order valence-corrected chi connectivity index (χ0v) is 38.3. The molecule has 0 radical (unpaired) electrons. The van der Waals surface area contributed by atoms with Crippen LogP contribution in [0.15, 0.2) is 34.9 Å². The molecular weight excluding hydrogens is 689 g/mol. The van der Waals surface area contributed by atoms with Crippen molar-refractivity contribution >= 4 is 17.9 Å². The summed E-state index contributed by atoms with van der Waals surface area (Å²) >= 11 is 0. The summed E-state index contributed by atoms with van der Waals surface area (Å²) in [6, 6.07) is 0. The predicted molar refractivity (Wildman–Crippen MR) is 239 cm³/mol. The maximum atomic E-state index is 13.4. The van der Waals surface area contributed by atoms with Crippen molar-refractivity contribution in [3.8, 4) is 17.2 Å². The SMILES string of the molecule is C/C=C/c1c(C)c(C)c(C)c(C)c1O.C/C=C/c1c(C)c(C)c(C)c(C)c1O.CC1=C(C)C2(C)Oc3c(C)c(C)c(C)c(C)c3C3C(C)C(C)C=C(C1=O)C32C. The number of rotatable bonds is 2. The number of ketones is 1. The first-order valence-corrected chi connectivity index (χ1v) is 20.5. The Labute approximate surface area is 339 Å². The summed E-state index contributed by atoms with van der Waals surface area (Å²) < 4.78 is 6.97. The fourth-order valence-corrected chi connectivity index (χ4v) is 9.71. The Hall–Kier alpha value is -4.31. The number of phenolic OH excluding ortho intramolecular Hbond substituents is 2. The van der Waals surface area contributed by atoms with Crippen LogP contribution in [-0.4, -0.2) is 21.6 Å². The monoisotopic (exact) mass is 759 g/mol. The van der Waals surface area contributed by atoms with Crippen LogP contribution in [0.5, 0.6) is 17.2 Å². The number of Topliss-reactive ketones (excluding diaryl/α,β-unsaturated/α-hetero) is 1. The minimum atomic E-state index is -0.512. The van der Waals surface area contributed by atoms with Crippen LogP contribution in [0.2, 0.25) is 0 Å². The molecule has 0 saturated carbocycles. The summed E-state index contributed by atoms with van der Waals surface area (Å²) in [7, 11) is 0. The van der Waals surface area contributed by atoms with Crippen LogP contribution in [0.4, 0.5) is 0 Å². The molecule has 3 aromatic carbocycles. The molecule has 5 atom stereocenters. The molecule has 0 spiro atoms. The van der Waals surface area contributed by atoms with E-state index < -0.39 is 5.60 Å². The number of aromatic hydroxyl groups is 2. The molecule has 0 aromatic heterocycles. The first-order valence-electron chi connectivity index (χ1n) is 20.5. The van der Waals surface area contributed by atoms with Gasteiger partial charge in [0.2, 0.25) is 0 Å². The van der Waals surface area contributed by atoms with E-state index in [-0.39, 0.29) is 17.1 Å². The summed E-state index contributed by atoms with van der Waals surface area (Å²) in [5.41, 5.74) is 19.8. The Morgan fingerprint density at radius 2 is 0.982 bits per heavy atom. The van der Waals surface area contributed by atoms with Gasteiger partial charge >= 0.3 is 0 Å². The van der Waals surface area contributed by atoms with Gasteiger partial charge in [0.15, 0.2) is 5.78 Å². The molecule has 1 heterocycles. The number of hydrogen-bond donors (Lipinski definition) is 2. The lowest BCUT2D eigenvalue weighted by Gasteiger charge is -2.62. The maximum Gasteiger partial charge on any atom is 0.185 e. The summed E-state index contributed by atoms with van der Waals surface area (Å²) in [5.74, 6) is 3.18. The van der Waals surface area contributed by atoms with Gasteiger partial charge in [-0.2, -0.15) is 0 Å². The lowest BCUT2D eigenvalue weighted by molar-refractivity contribution is -0.120. The van der Waals surface area contributed by atoms with Gasteiger partial charge < -0.3 is 14.9 Å². The van der Waals surface area contributed by atoms with E-state index >= 15 is 0 Å². The topological polar surface area (TPSA) is 66.8 Å². The molecule has 4 heteroatoms. The molecule has 2 aliphatic carbocycles. The predicted octanol–water partition coefficient (Wildman–Crippen LogP) is 13.6. The van der Waals surface area contributed by atoms with Crippen LogP contribution in [0, 0.1) is 100 Å². The van der Waals surface area contributed by atoms with Crippen LogP contribution < -0.4 is 4.74 Å². The lowest BCUT2D eigenvalue weighted by atomic mass is 9.46. The molecule has 3 aromatic rings. The number of hydrogen-bond acceptors (Lipinski definition) is 4. The Bertz CT molecular complexity index is 2100. The van der Waals surface area contributed by atoms with Crippen molar-refractivity contribution in [2.24, 2.45) is 17.3 Å². The fourth-order valence-electron chi connectivity index (χ4n) is 9.71. The molecule has 0 fully saturated rings. The van der Waals surface area contributed by atoms with Crippen molar-refractivity contribution in [3.63, 3.8) is 0 Å². The second-order valence-electron chi connectivity index (χ2n) is 17.5. The average Bonchev–Trinajstić information content (AvgIpc) is 3.17. The number of carbonyl (C=O) groups is 1. The highest BCUT2D eigenvalue weighted by atomic mass is 16.5. The molecule has 56 heavy (non-hydrogen) atoms. The van der Waals surface area contributed by atoms with Gasteiger partial charge in [0.25, 0.3) is 0 Å². The third-order valence-electron chi connectivity index (χ3n) is 15.2. The molecule has 6 rings (SSSR count). The van der Waals surface area contributed by atoms with Crippen molar-refractivity contribution in [1.29, 1.82) is 0 Å². The third-order valence-corrected chi connectivity index (χ3v) is 15.2. The number of phenols is 2. The van der Waals surface area contributed by atoms with Crippen molar-refractivity contribution in [3.05, 3.63) is 118 Å². The van der Waals surface area contributed by atoms with Gasteiger partial charge in [-0.05, 0) is 207 Å². The van der Waals surface area contributed by atoms with Crippen molar-refractivity contribution < 1.29 is 19.7 Å². The average molecular weight is 759 g/mol. The van der Waals surface area contributed by atoms with E-state index in [2.05, 4.69) is 110 Å². The van der Waals surface area contributed by atoms with Gasteiger partial charge in [0, 0.05) is 33.6 Å². The Morgan fingerprint density at radius 1 is 0.589 bits per heavy atom. The third kappa shape index (κ3) is 6.59. The van der Waals surface area contributed by atoms with E-state index in [9.17, 15) is 15.0 Å². The van der Waals surface area contributed by atoms with Crippen molar-refractivity contribution in [2.45, 2.75) is 150 Å². The van der Waals surface area contributed by atoms with Crippen LogP contribution >= 0.6 is 0 Å². The summed E-state index contributed by atoms with van der Waals surface area (Å²) in [5, 5.41) is 19.9. The standard InChI is InChI=1S/C26H34O2.2C13H18O/c1-12-11-20-23(27)18(7)19(8)26(10)25(20,9)22(13(12)2)21-16(5)14(3)15(4)17(6)24(21)28-26;2*1-6-7-12-10(4)8(2)9(3)11(5)13(12)14/h11-13,22H,1-10H3;2*6-7,14H,1-5H3/b;2*7-6+. The van der Waals surface area contributed by atoms with Gasteiger partial charge in [0.1, 0.15) is 22.8 Å². The Kier molecular flexibility index (Phi) is 12.6. The molecule has 5 unspecified atom stereocenters. The molecule has 0 bridgehead atoms. The van der Waals surface area contributed by atoms with E-state index in [1.54, 1.807) is 0 Å². The minimum absolute atomic E-state index is 0.214. The Morgan fingerprint density at radius 3 is 1.41 bits per heavy atom. The van der Waals surface area contributed by atoms with E-state index in [1.165, 1.54) is 61.2 Å². The number of benzene rings is 3. The first kappa shape index (κ1) is 44.4. The minimum Gasteiger partial charge on any atom is -0.507 e. The van der Waals surface area contributed by atoms with E-state index in [0.717, 1.165) is 44.7 Å². The van der Waals surface area contributed by atoms with Gasteiger partial charge in [-0.25, -0.2) is 0 Å².